The third kappa shape index (κ3) is 0.850. The van der Waals surface area contributed by atoms with Gasteiger partial charge in [-0.15, -0.1) is 0 Å². The van der Waals surface area contributed by atoms with Crippen molar-refractivity contribution in [1.82, 2.24) is 0 Å². The molecule has 2 heteroatoms. The molecule has 0 unspecified atom stereocenters. The van der Waals surface area contributed by atoms with Gasteiger partial charge >= 0.3 is 0 Å². The highest BCUT2D eigenvalue weighted by Crippen LogP contribution is 2.49. The number of hydrogen-bond donors (Lipinski definition) is 0. The van der Waals surface area contributed by atoms with Crippen LogP contribution < -0.4 is 0 Å². The van der Waals surface area contributed by atoms with Gasteiger partial charge in [-0.1, -0.05) is 0 Å². The van der Waals surface area contributed by atoms with Gasteiger partial charge in [0, 0.05) is 0 Å². The summed E-state index contributed by atoms with van der Waals surface area (Å²) in [5.41, 5.74) is 1.58. The number of nitrogens with zero attached hydrogens (tertiary/aromatic N) is 2. The molecule has 0 aromatic carbocycles. The number of allylic oxidation sites excluding steroid dienone is 2. The Morgan fingerprint density at radius 2 is 1.42 bits per heavy atom. The molecule has 0 heterocycles. The third-order valence-electron chi connectivity index (χ3n) is 3.12. The summed E-state index contributed by atoms with van der Waals surface area (Å²) >= 11 is 0. The van der Waals surface area contributed by atoms with Crippen LogP contribution in [0.5, 0.6) is 0 Å². The lowest BCUT2D eigenvalue weighted by atomic mass is 10.0. The van der Waals surface area contributed by atoms with E-state index in [1.165, 1.54) is 31.3 Å². The van der Waals surface area contributed by atoms with Gasteiger partial charge in [-0.2, -0.15) is 10.5 Å². The van der Waals surface area contributed by atoms with Crippen LogP contribution in [0.1, 0.15) is 25.7 Å². The second-order valence-electron chi connectivity index (χ2n) is 3.60. The van der Waals surface area contributed by atoms with E-state index < -0.39 is 0 Å². The van der Waals surface area contributed by atoms with Crippen LogP contribution in [-0.2, 0) is 0 Å². The van der Waals surface area contributed by atoms with E-state index in [2.05, 4.69) is 0 Å². The Labute approximate surface area is 72.1 Å². The van der Waals surface area contributed by atoms with Crippen molar-refractivity contribution in [1.29, 1.82) is 10.5 Å². The summed E-state index contributed by atoms with van der Waals surface area (Å²) in [6, 6.07) is 4.03. The summed E-state index contributed by atoms with van der Waals surface area (Å²) in [6.07, 6.45) is 4.80. The summed E-state index contributed by atoms with van der Waals surface area (Å²) < 4.78 is 0. The zero-order chi connectivity index (χ0) is 8.55. The lowest BCUT2D eigenvalue weighted by molar-refractivity contribution is 0.480. The maximum absolute atomic E-state index is 8.72. The molecule has 0 saturated heterocycles. The van der Waals surface area contributed by atoms with Crippen molar-refractivity contribution in [2.75, 3.05) is 0 Å². The van der Waals surface area contributed by atoms with Crippen LogP contribution in [0.15, 0.2) is 11.1 Å². The molecule has 0 spiro atoms. The van der Waals surface area contributed by atoms with Crippen LogP contribution in [-0.4, -0.2) is 0 Å². The predicted octanol–water partition coefficient (Wildman–Crippen LogP) is 2.15. The maximum Gasteiger partial charge on any atom is 0.129 e. The molecule has 2 fully saturated rings. The standard InChI is InChI=1S/C10H10N2/c11-5-9(6-12)10-7-1-2-8(10)4-3-7/h7-8H,1-4H2. The molecular weight excluding hydrogens is 148 g/mol. The lowest BCUT2D eigenvalue weighted by Crippen LogP contribution is -1.93. The molecule has 0 aromatic rings. The van der Waals surface area contributed by atoms with Crippen LogP contribution in [0.3, 0.4) is 0 Å². The zero-order valence-corrected chi connectivity index (χ0v) is 6.88. The first kappa shape index (κ1) is 7.37. The van der Waals surface area contributed by atoms with Gasteiger partial charge in [0.15, 0.2) is 0 Å². The number of rotatable bonds is 0. The van der Waals surface area contributed by atoms with E-state index in [0.29, 0.717) is 17.4 Å². The lowest BCUT2D eigenvalue weighted by Gasteiger charge is -2.04. The molecule has 0 atom stereocenters. The Morgan fingerprint density at radius 3 is 1.75 bits per heavy atom. The van der Waals surface area contributed by atoms with Crippen molar-refractivity contribution in [3.63, 3.8) is 0 Å². The van der Waals surface area contributed by atoms with Gasteiger partial charge in [-0.3, -0.25) is 0 Å². The highest BCUT2D eigenvalue weighted by atomic mass is 14.4. The molecule has 60 valence electrons. The highest BCUT2D eigenvalue weighted by Gasteiger charge is 2.38. The highest BCUT2D eigenvalue weighted by molar-refractivity contribution is 5.44. The summed E-state index contributed by atoms with van der Waals surface area (Å²) in [6.45, 7) is 0. The molecule has 12 heavy (non-hydrogen) atoms. The van der Waals surface area contributed by atoms with E-state index in [1.807, 2.05) is 12.1 Å². The Morgan fingerprint density at radius 1 is 1.00 bits per heavy atom. The van der Waals surface area contributed by atoms with Crippen molar-refractivity contribution in [2.45, 2.75) is 25.7 Å². The summed E-state index contributed by atoms with van der Waals surface area (Å²) in [5.74, 6) is 1.15. The molecule has 2 rings (SSSR count). The van der Waals surface area contributed by atoms with Crippen LogP contribution in [0.4, 0.5) is 0 Å². The van der Waals surface area contributed by atoms with Gasteiger partial charge in [0.05, 0.1) is 0 Å². The molecule has 2 bridgehead atoms. The van der Waals surface area contributed by atoms with Crippen molar-refractivity contribution in [3.8, 4) is 12.1 Å². The van der Waals surface area contributed by atoms with E-state index in [4.69, 9.17) is 10.5 Å². The van der Waals surface area contributed by atoms with E-state index in [0.717, 1.165) is 0 Å². The van der Waals surface area contributed by atoms with Gasteiger partial charge in [0.2, 0.25) is 0 Å². The fraction of sp³-hybridized carbons (Fsp3) is 0.600. The molecule has 0 radical (unpaired) electrons. The minimum Gasteiger partial charge on any atom is -0.192 e. The van der Waals surface area contributed by atoms with Crippen molar-refractivity contribution in [3.05, 3.63) is 11.1 Å². The zero-order valence-electron chi connectivity index (χ0n) is 6.88. The van der Waals surface area contributed by atoms with Crippen molar-refractivity contribution >= 4 is 0 Å². The van der Waals surface area contributed by atoms with Gasteiger partial charge in [0.25, 0.3) is 0 Å². The minimum absolute atomic E-state index is 0.403. The molecule has 2 aliphatic rings. The van der Waals surface area contributed by atoms with E-state index in [9.17, 15) is 0 Å². The molecule has 2 saturated carbocycles. The fourth-order valence-electron chi connectivity index (χ4n) is 2.61. The van der Waals surface area contributed by atoms with Gasteiger partial charge in [0.1, 0.15) is 17.7 Å². The molecule has 2 nitrogen and oxygen atoms in total. The van der Waals surface area contributed by atoms with Gasteiger partial charge in [-0.05, 0) is 43.1 Å². The molecule has 0 amide bonds. The summed E-state index contributed by atoms with van der Waals surface area (Å²) in [7, 11) is 0. The SMILES string of the molecule is N#CC(C#N)=C1C2CCC1CC2. The molecule has 0 aliphatic heterocycles. The molecule has 0 N–H and O–H groups in total. The maximum atomic E-state index is 8.72. The Bertz CT molecular complexity index is 276. The van der Waals surface area contributed by atoms with Crippen LogP contribution in [0, 0.1) is 34.5 Å². The van der Waals surface area contributed by atoms with Crippen LogP contribution >= 0.6 is 0 Å². The molecule has 0 aromatic heterocycles. The van der Waals surface area contributed by atoms with E-state index in [-0.39, 0.29) is 0 Å². The monoisotopic (exact) mass is 158 g/mol. The summed E-state index contributed by atoms with van der Waals surface area (Å²) in [4.78, 5) is 0. The quantitative estimate of drug-likeness (QED) is 0.507. The molecular formula is C10H10N2. The van der Waals surface area contributed by atoms with Crippen molar-refractivity contribution in [2.24, 2.45) is 11.8 Å². The second kappa shape index (κ2) is 2.64. The normalized spacial score (nSPS) is 31.3. The topological polar surface area (TPSA) is 47.6 Å². The van der Waals surface area contributed by atoms with Crippen LogP contribution in [0.2, 0.25) is 0 Å². The first-order valence-electron chi connectivity index (χ1n) is 4.41. The summed E-state index contributed by atoms with van der Waals surface area (Å²) in [5, 5.41) is 17.4. The minimum atomic E-state index is 0.403. The number of fused-ring (bicyclic) bond motifs is 2. The smallest absolute Gasteiger partial charge is 0.129 e. The Balaban J connectivity index is 2.43. The number of hydrogen-bond acceptors (Lipinski definition) is 2. The van der Waals surface area contributed by atoms with Crippen molar-refractivity contribution < 1.29 is 0 Å². The Kier molecular flexibility index (Phi) is 1.62. The van der Waals surface area contributed by atoms with E-state index >= 15 is 0 Å². The molecule has 2 aliphatic carbocycles. The first-order valence-corrected chi connectivity index (χ1v) is 4.41. The van der Waals surface area contributed by atoms with Gasteiger partial charge in [-0.25, -0.2) is 0 Å². The third-order valence-corrected chi connectivity index (χ3v) is 3.12. The predicted molar refractivity (Wildman–Crippen MR) is 43.7 cm³/mol. The second-order valence-corrected chi connectivity index (χ2v) is 3.60. The van der Waals surface area contributed by atoms with Crippen LogP contribution in [0.25, 0.3) is 0 Å². The average molecular weight is 158 g/mol. The average Bonchev–Trinajstić information content (AvgIpc) is 2.68. The Hall–Kier alpha value is -1.28. The van der Waals surface area contributed by atoms with Gasteiger partial charge < -0.3 is 0 Å². The largest absolute Gasteiger partial charge is 0.192 e. The first-order chi connectivity index (χ1) is 5.86. The fourth-order valence-corrected chi connectivity index (χ4v) is 2.61. The number of nitriles is 2. The van der Waals surface area contributed by atoms with E-state index in [1.54, 1.807) is 0 Å².